The van der Waals surface area contributed by atoms with E-state index in [1.807, 2.05) is 20.1 Å². The molecule has 0 saturated carbocycles. The first-order chi connectivity index (χ1) is 9.71. The first kappa shape index (κ1) is 20.7. The number of hydrogen-bond donors (Lipinski definition) is 1. The van der Waals surface area contributed by atoms with Gasteiger partial charge in [0.05, 0.1) is 4.92 Å². The van der Waals surface area contributed by atoms with Crippen molar-refractivity contribution in [1.29, 1.82) is 0 Å². The standard InChI is InChI=1S/C14H21N3O3S.ClH/c1-14(2,8-15)9-16(3)13(18)11-7-10(21-4)5-6-12(11)17(19)20;/h5-7H,8-9,15H2,1-4H3;1H. The molecule has 0 aliphatic rings. The smallest absolute Gasteiger partial charge is 0.282 e. The number of carbonyl (C=O) groups excluding carboxylic acids is 1. The van der Waals surface area contributed by atoms with Crippen molar-refractivity contribution in [2.75, 3.05) is 26.4 Å². The van der Waals surface area contributed by atoms with Crippen LogP contribution in [0.5, 0.6) is 0 Å². The van der Waals surface area contributed by atoms with Gasteiger partial charge in [0.2, 0.25) is 0 Å². The Kier molecular flexibility index (Phi) is 7.86. The van der Waals surface area contributed by atoms with Crippen molar-refractivity contribution in [2.24, 2.45) is 11.1 Å². The number of halogens is 1. The highest BCUT2D eigenvalue weighted by molar-refractivity contribution is 7.98. The van der Waals surface area contributed by atoms with Gasteiger partial charge in [0.25, 0.3) is 11.6 Å². The average molecular weight is 348 g/mol. The molecule has 0 heterocycles. The van der Waals surface area contributed by atoms with E-state index in [1.54, 1.807) is 19.2 Å². The molecule has 1 amide bonds. The van der Waals surface area contributed by atoms with E-state index in [0.29, 0.717) is 13.1 Å². The Morgan fingerprint density at radius 1 is 1.45 bits per heavy atom. The van der Waals surface area contributed by atoms with Crippen LogP contribution in [0.1, 0.15) is 24.2 Å². The van der Waals surface area contributed by atoms with Crippen LogP contribution < -0.4 is 5.73 Å². The average Bonchev–Trinajstić information content (AvgIpc) is 2.45. The second-order valence-corrected chi connectivity index (χ2v) is 6.55. The first-order valence-corrected chi connectivity index (χ1v) is 7.72. The van der Waals surface area contributed by atoms with Gasteiger partial charge in [-0.05, 0) is 30.3 Å². The van der Waals surface area contributed by atoms with Crippen LogP contribution in [0.4, 0.5) is 5.69 Å². The van der Waals surface area contributed by atoms with Crippen LogP contribution in [0.15, 0.2) is 23.1 Å². The number of nitro benzene ring substituents is 1. The second-order valence-electron chi connectivity index (χ2n) is 5.67. The van der Waals surface area contributed by atoms with Crippen molar-refractivity contribution >= 4 is 35.8 Å². The highest BCUT2D eigenvalue weighted by Crippen LogP contribution is 2.26. The highest BCUT2D eigenvalue weighted by atomic mass is 35.5. The zero-order chi connectivity index (χ0) is 16.2. The van der Waals surface area contributed by atoms with Crippen LogP contribution in [0.25, 0.3) is 0 Å². The minimum atomic E-state index is -0.529. The molecule has 1 aromatic rings. The van der Waals surface area contributed by atoms with Crippen molar-refractivity contribution in [3.63, 3.8) is 0 Å². The van der Waals surface area contributed by atoms with Gasteiger partial charge >= 0.3 is 0 Å². The van der Waals surface area contributed by atoms with Crippen molar-refractivity contribution < 1.29 is 9.72 Å². The zero-order valence-corrected chi connectivity index (χ0v) is 14.8. The number of thioether (sulfide) groups is 1. The summed E-state index contributed by atoms with van der Waals surface area (Å²) in [5, 5.41) is 11.1. The first-order valence-electron chi connectivity index (χ1n) is 6.50. The van der Waals surface area contributed by atoms with Gasteiger partial charge in [0, 0.05) is 24.6 Å². The number of nitrogens with zero attached hydrogens (tertiary/aromatic N) is 2. The molecule has 0 unspecified atom stereocenters. The fourth-order valence-electron chi connectivity index (χ4n) is 1.96. The van der Waals surface area contributed by atoms with Crippen molar-refractivity contribution in [3.8, 4) is 0 Å². The lowest BCUT2D eigenvalue weighted by Crippen LogP contribution is -2.39. The van der Waals surface area contributed by atoms with Gasteiger partial charge in [-0.2, -0.15) is 0 Å². The van der Waals surface area contributed by atoms with Crippen molar-refractivity contribution in [3.05, 3.63) is 33.9 Å². The third-order valence-electron chi connectivity index (χ3n) is 3.20. The molecule has 0 atom stereocenters. The molecule has 22 heavy (non-hydrogen) atoms. The van der Waals surface area contributed by atoms with Crippen LogP contribution in [-0.4, -0.2) is 42.1 Å². The summed E-state index contributed by atoms with van der Waals surface area (Å²) in [5.41, 5.74) is 5.37. The molecule has 124 valence electrons. The Labute approximate surface area is 141 Å². The molecule has 0 saturated heterocycles. The monoisotopic (exact) mass is 347 g/mol. The molecule has 8 heteroatoms. The number of rotatable bonds is 6. The molecule has 0 bridgehead atoms. The Bertz CT molecular complexity index is 552. The van der Waals surface area contributed by atoms with E-state index in [1.165, 1.54) is 22.7 Å². The molecule has 0 aliphatic carbocycles. The van der Waals surface area contributed by atoms with Crippen molar-refractivity contribution in [2.45, 2.75) is 18.7 Å². The number of hydrogen-bond acceptors (Lipinski definition) is 5. The summed E-state index contributed by atoms with van der Waals surface area (Å²) in [7, 11) is 1.63. The quantitative estimate of drug-likeness (QED) is 0.485. The van der Waals surface area contributed by atoms with Gasteiger partial charge in [-0.1, -0.05) is 13.8 Å². The van der Waals surface area contributed by atoms with E-state index >= 15 is 0 Å². The van der Waals surface area contributed by atoms with E-state index in [4.69, 9.17) is 5.73 Å². The lowest BCUT2D eigenvalue weighted by Gasteiger charge is -2.29. The SMILES string of the molecule is CSc1ccc([N+](=O)[O-])c(C(=O)N(C)CC(C)(C)CN)c1.Cl. The van der Waals surface area contributed by atoms with Crippen LogP contribution in [0.3, 0.4) is 0 Å². The Balaban J connectivity index is 0.00000441. The van der Waals surface area contributed by atoms with E-state index < -0.39 is 4.92 Å². The zero-order valence-electron chi connectivity index (χ0n) is 13.2. The molecule has 0 aliphatic heterocycles. The highest BCUT2D eigenvalue weighted by Gasteiger charge is 2.27. The molecular weight excluding hydrogens is 326 g/mol. The summed E-state index contributed by atoms with van der Waals surface area (Å²) >= 11 is 1.44. The normalized spacial score (nSPS) is 10.8. The fourth-order valence-corrected chi connectivity index (χ4v) is 2.40. The molecular formula is C14H22ClN3O3S. The van der Waals surface area contributed by atoms with E-state index in [2.05, 4.69) is 0 Å². The second kappa shape index (κ2) is 8.36. The molecule has 0 radical (unpaired) electrons. The van der Waals surface area contributed by atoms with E-state index in [-0.39, 0.29) is 35.0 Å². The molecule has 6 nitrogen and oxygen atoms in total. The summed E-state index contributed by atoms with van der Waals surface area (Å²) in [4.78, 5) is 25.4. The summed E-state index contributed by atoms with van der Waals surface area (Å²) in [6.45, 7) is 4.76. The maximum atomic E-state index is 12.5. The lowest BCUT2D eigenvalue weighted by molar-refractivity contribution is -0.385. The largest absolute Gasteiger partial charge is 0.341 e. The van der Waals surface area contributed by atoms with Crippen LogP contribution in [0, 0.1) is 15.5 Å². The molecule has 0 spiro atoms. The Morgan fingerprint density at radius 3 is 2.50 bits per heavy atom. The Hall–Kier alpha value is -1.31. The Morgan fingerprint density at radius 2 is 2.05 bits per heavy atom. The number of amides is 1. The minimum absolute atomic E-state index is 0. The third kappa shape index (κ3) is 5.15. The van der Waals surface area contributed by atoms with Crippen molar-refractivity contribution in [1.82, 2.24) is 4.90 Å². The number of benzene rings is 1. The summed E-state index contributed by atoms with van der Waals surface area (Å²) < 4.78 is 0. The maximum Gasteiger partial charge on any atom is 0.282 e. The fraction of sp³-hybridized carbons (Fsp3) is 0.500. The topological polar surface area (TPSA) is 89.5 Å². The number of carbonyl (C=O) groups is 1. The maximum absolute atomic E-state index is 12.5. The van der Waals surface area contributed by atoms with E-state index in [9.17, 15) is 14.9 Å². The molecule has 0 aromatic heterocycles. The number of nitro groups is 1. The van der Waals surface area contributed by atoms with Gasteiger partial charge in [0.15, 0.2) is 0 Å². The molecule has 1 aromatic carbocycles. The molecule has 2 N–H and O–H groups in total. The molecule has 0 fully saturated rings. The van der Waals surface area contributed by atoms with E-state index in [0.717, 1.165) is 4.90 Å². The predicted molar refractivity (Wildman–Crippen MR) is 91.9 cm³/mol. The third-order valence-corrected chi connectivity index (χ3v) is 3.92. The number of nitrogens with two attached hydrogens (primary N) is 1. The van der Waals surface area contributed by atoms with Gasteiger partial charge in [-0.3, -0.25) is 14.9 Å². The predicted octanol–water partition coefficient (Wildman–Crippen LogP) is 2.80. The summed E-state index contributed by atoms with van der Waals surface area (Å²) in [5.74, 6) is -0.362. The lowest BCUT2D eigenvalue weighted by atomic mass is 9.93. The summed E-state index contributed by atoms with van der Waals surface area (Å²) in [6.07, 6.45) is 1.86. The van der Waals surface area contributed by atoms with Crippen LogP contribution in [-0.2, 0) is 0 Å². The van der Waals surface area contributed by atoms with Crippen LogP contribution >= 0.6 is 24.2 Å². The van der Waals surface area contributed by atoms with Gasteiger partial charge in [-0.15, -0.1) is 24.2 Å². The van der Waals surface area contributed by atoms with Gasteiger partial charge in [-0.25, -0.2) is 0 Å². The van der Waals surface area contributed by atoms with Crippen LogP contribution in [0.2, 0.25) is 0 Å². The van der Waals surface area contributed by atoms with Gasteiger partial charge in [0.1, 0.15) is 5.56 Å². The minimum Gasteiger partial charge on any atom is -0.341 e. The molecule has 1 rings (SSSR count). The summed E-state index contributed by atoms with van der Waals surface area (Å²) in [6, 6.07) is 4.58. The van der Waals surface area contributed by atoms with Gasteiger partial charge < -0.3 is 10.6 Å².